The van der Waals surface area contributed by atoms with Gasteiger partial charge in [0.15, 0.2) is 0 Å². The van der Waals surface area contributed by atoms with Crippen molar-refractivity contribution in [1.82, 2.24) is 9.36 Å². The fraction of sp³-hybridized carbons (Fsp3) is 0.714. The summed E-state index contributed by atoms with van der Waals surface area (Å²) in [4.78, 5) is 3.99. The van der Waals surface area contributed by atoms with Crippen LogP contribution in [0.2, 0.25) is 0 Å². The van der Waals surface area contributed by atoms with Gasteiger partial charge in [0.05, 0.1) is 6.54 Å². The van der Waals surface area contributed by atoms with Gasteiger partial charge in [0.25, 0.3) is 5.92 Å². The van der Waals surface area contributed by atoms with Crippen LogP contribution >= 0.6 is 11.5 Å². The molecule has 1 rings (SSSR count). The first-order chi connectivity index (χ1) is 6.01. The Morgan fingerprint density at radius 1 is 1.54 bits per heavy atom. The van der Waals surface area contributed by atoms with Gasteiger partial charge in [-0.25, -0.2) is 13.8 Å². The summed E-state index contributed by atoms with van der Waals surface area (Å²) in [6, 6.07) is 0. The Balaban J connectivity index is 2.46. The van der Waals surface area contributed by atoms with Crippen LogP contribution in [0.4, 0.5) is 13.9 Å². The van der Waals surface area contributed by atoms with E-state index in [2.05, 4.69) is 14.7 Å². The largest absolute Gasteiger partial charge is 0.354 e. The summed E-state index contributed by atoms with van der Waals surface area (Å²) < 4.78 is 28.7. The minimum absolute atomic E-state index is 0.397. The maximum atomic E-state index is 12.4. The number of aryl methyl sites for hydroxylation is 1. The zero-order valence-electron chi connectivity index (χ0n) is 7.47. The van der Waals surface area contributed by atoms with Gasteiger partial charge in [-0.05, 0) is 0 Å². The zero-order valence-corrected chi connectivity index (χ0v) is 8.29. The molecule has 13 heavy (non-hydrogen) atoms. The molecule has 1 aromatic heterocycles. The van der Waals surface area contributed by atoms with Crippen molar-refractivity contribution in [3.8, 4) is 0 Å². The number of aromatic nitrogens is 2. The van der Waals surface area contributed by atoms with Crippen LogP contribution in [-0.4, -0.2) is 21.8 Å². The standard InChI is InChI=1S/C7H11F2N3S/c1-3-5-11-6(13-12-5)10-4-7(2,8)9/h3-4H2,1-2H3,(H,10,11,12). The number of hydrogen-bond donors (Lipinski definition) is 1. The molecule has 0 atom stereocenters. The second-order valence-corrected chi connectivity index (χ2v) is 3.54. The molecule has 1 heterocycles. The van der Waals surface area contributed by atoms with Crippen molar-refractivity contribution in [3.05, 3.63) is 5.82 Å². The average Bonchev–Trinajstić information content (AvgIpc) is 2.47. The molecule has 0 aliphatic rings. The molecule has 0 spiro atoms. The number of hydrogen-bond acceptors (Lipinski definition) is 4. The Kier molecular flexibility index (Phi) is 3.13. The van der Waals surface area contributed by atoms with Gasteiger partial charge in [-0.3, -0.25) is 0 Å². The van der Waals surface area contributed by atoms with Crippen molar-refractivity contribution in [3.63, 3.8) is 0 Å². The number of nitrogens with one attached hydrogen (secondary N) is 1. The molecule has 1 N–H and O–H groups in total. The quantitative estimate of drug-likeness (QED) is 0.822. The van der Waals surface area contributed by atoms with E-state index in [1.54, 1.807) is 0 Å². The maximum absolute atomic E-state index is 12.4. The summed E-state index contributed by atoms with van der Waals surface area (Å²) >= 11 is 1.11. The van der Waals surface area contributed by atoms with Crippen molar-refractivity contribution < 1.29 is 8.78 Å². The van der Waals surface area contributed by atoms with E-state index in [9.17, 15) is 8.78 Å². The highest BCUT2D eigenvalue weighted by molar-refractivity contribution is 7.09. The van der Waals surface area contributed by atoms with E-state index in [0.29, 0.717) is 11.0 Å². The van der Waals surface area contributed by atoms with Crippen molar-refractivity contribution in [2.45, 2.75) is 26.2 Å². The molecule has 0 radical (unpaired) electrons. The van der Waals surface area contributed by atoms with Crippen LogP contribution in [0.25, 0.3) is 0 Å². The van der Waals surface area contributed by atoms with Crippen molar-refractivity contribution in [1.29, 1.82) is 0 Å². The molecule has 0 saturated heterocycles. The second-order valence-electron chi connectivity index (χ2n) is 2.79. The van der Waals surface area contributed by atoms with Crippen LogP contribution in [0.15, 0.2) is 0 Å². The van der Waals surface area contributed by atoms with Gasteiger partial charge in [-0.1, -0.05) is 6.92 Å². The van der Waals surface area contributed by atoms with Crippen LogP contribution in [0.3, 0.4) is 0 Å². The summed E-state index contributed by atoms with van der Waals surface area (Å²) in [6.07, 6.45) is 0.723. The molecule has 0 aliphatic heterocycles. The zero-order chi connectivity index (χ0) is 9.90. The van der Waals surface area contributed by atoms with Crippen LogP contribution in [-0.2, 0) is 6.42 Å². The van der Waals surface area contributed by atoms with Gasteiger partial charge in [0.2, 0.25) is 5.13 Å². The van der Waals surface area contributed by atoms with E-state index in [-0.39, 0.29) is 0 Å². The summed E-state index contributed by atoms with van der Waals surface area (Å²) in [5, 5.41) is 2.99. The van der Waals surface area contributed by atoms with E-state index in [0.717, 1.165) is 24.9 Å². The minimum atomic E-state index is -2.71. The molecular formula is C7H11F2N3S. The highest BCUT2D eigenvalue weighted by atomic mass is 32.1. The van der Waals surface area contributed by atoms with E-state index in [4.69, 9.17) is 0 Å². The summed E-state index contributed by atoms with van der Waals surface area (Å²) in [7, 11) is 0. The number of alkyl halides is 2. The first kappa shape index (κ1) is 10.3. The van der Waals surface area contributed by atoms with Crippen molar-refractivity contribution in [2.24, 2.45) is 0 Å². The molecule has 0 amide bonds. The molecule has 0 fully saturated rings. The first-order valence-electron chi connectivity index (χ1n) is 3.95. The highest BCUT2D eigenvalue weighted by Crippen LogP contribution is 2.15. The summed E-state index contributed by atoms with van der Waals surface area (Å²) in [5.74, 6) is -2.02. The van der Waals surface area contributed by atoms with Gasteiger partial charge in [-0.15, -0.1) is 0 Å². The fourth-order valence-electron chi connectivity index (χ4n) is 0.700. The fourth-order valence-corrected chi connectivity index (χ4v) is 1.34. The van der Waals surface area contributed by atoms with Gasteiger partial charge < -0.3 is 5.32 Å². The van der Waals surface area contributed by atoms with Gasteiger partial charge in [0.1, 0.15) is 5.82 Å². The van der Waals surface area contributed by atoms with Crippen LogP contribution in [0.5, 0.6) is 0 Å². The Hall–Kier alpha value is -0.780. The smallest absolute Gasteiger partial charge is 0.262 e. The summed E-state index contributed by atoms with van der Waals surface area (Å²) in [5.41, 5.74) is 0. The SMILES string of the molecule is CCc1nsc(NCC(C)(F)F)n1. The number of anilines is 1. The molecule has 74 valence electrons. The Labute approximate surface area is 79.4 Å². The molecule has 0 saturated carbocycles. The van der Waals surface area contributed by atoms with Crippen LogP contribution < -0.4 is 5.32 Å². The van der Waals surface area contributed by atoms with Gasteiger partial charge >= 0.3 is 0 Å². The van der Waals surface area contributed by atoms with Crippen LogP contribution in [0.1, 0.15) is 19.7 Å². The Morgan fingerprint density at radius 2 is 2.23 bits per heavy atom. The highest BCUT2D eigenvalue weighted by Gasteiger charge is 2.20. The molecular weight excluding hydrogens is 196 g/mol. The van der Waals surface area contributed by atoms with Gasteiger partial charge in [0, 0.05) is 24.9 Å². The topological polar surface area (TPSA) is 37.8 Å². The van der Waals surface area contributed by atoms with E-state index in [1.165, 1.54) is 0 Å². The first-order valence-corrected chi connectivity index (χ1v) is 4.73. The maximum Gasteiger partial charge on any atom is 0.262 e. The Bertz CT molecular complexity index is 269. The average molecular weight is 207 g/mol. The molecule has 0 aromatic carbocycles. The predicted molar refractivity (Wildman–Crippen MR) is 48.4 cm³/mol. The second kappa shape index (κ2) is 3.95. The van der Waals surface area contributed by atoms with E-state index < -0.39 is 12.5 Å². The third-order valence-electron chi connectivity index (χ3n) is 1.33. The lowest BCUT2D eigenvalue weighted by atomic mass is 10.4. The molecule has 1 aromatic rings. The lowest BCUT2D eigenvalue weighted by Crippen LogP contribution is -2.22. The van der Waals surface area contributed by atoms with Crippen molar-refractivity contribution >= 4 is 16.7 Å². The van der Waals surface area contributed by atoms with E-state index >= 15 is 0 Å². The number of nitrogens with zero attached hydrogens (tertiary/aromatic N) is 2. The monoisotopic (exact) mass is 207 g/mol. The third-order valence-corrected chi connectivity index (χ3v) is 2.04. The van der Waals surface area contributed by atoms with Crippen molar-refractivity contribution in [2.75, 3.05) is 11.9 Å². The molecule has 0 unspecified atom stereocenters. The van der Waals surface area contributed by atoms with Crippen LogP contribution in [0, 0.1) is 0 Å². The van der Waals surface area contributed by atoms with Gasteiger partial charge in [-0.2, -0.15) is 4.37 Å². The molecule has 3 nitrogen and oxygen atoms in total. The van der Waals surface area contributed by atoms with E-state index in [1.807, 2.05) is 6.92 Å². The minimum Gasteiger partial charge on any atom is -0.354 e. The molecule has 0 aliphatic carbocycles. The predicted octanol–water partition coefficient (Wildman–Crippen LogP) is 2.17. The normalized spacial score (nSPS) is 11.7. The molecule has 6 heteroatoms. The third kappa shape index (κ3) is 3.63. The number of halogens is 2. The number of rotatable bonds is 4. The lowest BCUT2D eigenvalue weighted by Gasteiger charge is -2.09. The molecule has 0 bridgehead atoms. The Morgan fingerprint density at radius 3 is 2.69 bits per heavy atom. The summed E-state index contributed by atoms with van der Waals surface area (Å²) in [6.45, 7) is 2.38. The lowest BCUT2D eigenvalue weighted by molar-refractivity contribution is 0.0367.